The van der Waals surface area contributed by atoms with E-state index in [4.69, 9.17) is 0 Å². The Kier molecular flexibility index (Phi) is 5.44. The molecule has 0 bridgehead atoms. The molecule has 1 fully saturated rings. The Labute approximate surface area is 70.6 Å². The van der Waals surface area contributed by atoms with E-state index >= 15 is 0 Å². The first-order valence-electron chi connectivity index (χ1n) is 2.49. The van der Waals surface area contributed by atoms with Gasteiger partial charge in [-0.15, -0.1) is 0 Å². The maximum atomic E-state index is 10.4. The Morgan fingerprint density at radius 3 is 2.00 bits per heavy atom. The van der Waals surface area contributed by atoms with Crippen LogP contribution >= 0.6 is 11.8 Å². The van der Waals surface area contributed by atoms with Gasteiger partial charge >= 0.3 is 0 Å². The van der Waals surface area contributed by atoms with Crippen LogP contribution in [0.4, 0.5) is 0 Å². The Balaban J connectivity index is 0.000000490. The lowest BCUT2D eigenvalue weighted by Crippen LogP contribution is -3.08. The van der Waals surface area contributed by atoms with Gasteiger partial charge in [-0.3, -0.25) is 0 Å². The molecule has 0 saturated carbocycles. The standard InChI is InChI=1S/C4H9NOS.HI/c6-5-1-3-7-4-2-5;/h5H,1-4H2;1H/p-1. The van der Waals surface area contributed by atoms with Crippen molar-refractivity contribution >= 4 is 11.8 Å². The largest absolute Gasteiger partial charge is 1.00 e. The summed E-state index contributed by atoms with van der Waals surface area (Å²) < 4.78 is 0. The first-order valence-corrected chi connectivity index (χ1v) is 3.64. The van der Waals surface area contributed by atoms with Crippen molar-refractivity contribution in [3.05, 3.63) is 5.21 Å². The Hall–Kier alpha value is 1.000. The highest BCUT2D eigenvalue weighted by Crippen LogP contribution is 1.96. The van der Waals surface area contributed by atoms with Crippen LogP contribution in [0, 0.1) is 5.21 Å². The quantitative estimate of drug-likeness (QED) is 0.350. The fraction of sp³-hybridized carbons (Fsp3) is 1.00. The number of hydrogen-bond donors (Lipinski definition) is 1. The second-order valence-corrected chi connectivity index (χ2v) is 2.88. The van der Waals surface area contributed by atoms with E-state index in [9.17, 15) is 5.21 Å². The second-order valence-electron chi connectivity index (χ2n) is 1.65. The van der Waals surface area contributed by atoms with Gasteiger partial charge in [-0.2, -0.15) is 11.8 Å². The average Bonchev–Trinajstić information content (AvgIpc) is 1.69. The van der Waals surface area contributed by atoms with Gasteiger partial charge in [0.05, 0.1) is 13.1 Å². The molecule has 0 amide bonds. The SMILES string of the molecule is [I-].[O-][NH+]1CCSCC1. The first kappa shape index (κ1) is 9.00. The van der Waals surface area contributed by atoms with Crippen molar-refractivity contribution in [2.24, 2.45) is 0 Å². The third-order valence-corrected chi connectivity index (χ3v) is 2.04. The van der Waals surface area contributed by atoms with Crippen LogP contribution in [0.15, 0.2) is 0 Å². The van der Waals surface area contributed by atoms with Crippen LogP contribution in [0.5, 0.6) is 0 Å². The molecule has 2 nitrogen and oxygen atoms in total. The van der Waals surface area contributed by atoms with Gasteiger partial charge in [0, 0.05) is 11.5 Å². The number of nitrogens with one attached hydrogen (secondary N) is 1. The average molecular weight is 246 g/mol. The molecule has 1 saturated heterocycles. The summed E-state index contributed by atoms with van der Waals surface area (Å²) in [5.74, 6) is 2.11. The molecule has 0 aromatic carbocycles. The van der Waals surface area contributed by atoms with E-state index in [1.54, 1.807) is 0 Å². The zero-order valence-corrected chi connectivity index (χ0v) is 7.50. The van der Waals surface area contributed by atoms with E-state index in [-0.39, 0.29) is 24.0 Å². The Morgan fingerprint density at radius 2 is 1.75 bits per heavy atom. The van der Waals surface area contributed by atoms with Crippen molar-refractivity contribution in [2.75, 3.05) is 24.6 Å². The normalized spacial score (nSPS) is 22.1. The monoisotopic (exact) mass is 246 g/mol. The topological polar surface area (TPSA) is 27.5 Å². The molecule has 0 aliphatic carbocycles. The highest BCUT2D eigenvalue weighted by molar-refractivity contribution is 7.99. The Bertz CT molecular complexity index is 58.0. The molecule has 8 heavy (non-hydrogen) atoms. The second kappa shape index (κ2) is 4.84. The predicted molar refractivity (Wildman–Crippen MR) is 31.4 cm³/mol. The van der Waals surface area contributed by atoms with Crippen LogP contribution < -0.4 is 29.0 Å². The van der Waals surface area contributed by atoms with E-state index in [1.807, 2.05) is 11.8 Å². The van der Waals surface area contributed by atoms with Crippen molar-refractivity contribution in [3.8, 4) is 0 Å². The van der Waals surface area contributed by atoms with Gasteiger partial charge in [0.1, 0.15) is 0 Å². The maximum Gasteiger partial charge on any atom is 0.0860 e. The third kappa shape index (κ3) is 3.11. The summed E-state index contributed by atoms with van der Waals surface area (Å²) in [4.78, 5) is 0. The van der Waals surface area contributed by atoms with E-state index in [0.717, 1.165) is 24.6 Å². The van der Waals surface area contributed by atoms with Crippen molar-refractivity contribution in [3.63, 3.8) is 0 Å². The molecule has 1 rings (SSSR count). The molecular formula is C4H9INOS-. The minimum absolute atomic E-state index is 0. The summed E-state index contributed by atoms with van der Waals surface area (Å²) in [5, 5.41) is 10.9. The minimum atomic E-state index is 0. The van der Waals surface area contributed by atoms with E-state index < -0.39 is 0 Å². The lowest BCUT2D eigenvalue weighted by molar-refractivity contribution is -0.843. The number of halogens is 1. The Morgan fingerprint density at radius 1 is 1.25 bits per heavy atom. The molecule has 1 aliphatic rings. The summed E-state index contributed by atoms with van der Waals surface area (Å²) in [6.07, 6.45) is 0. The fourth-order valence-corrected chi connectivity index (χ4v) is 1.55. The van der Waals surface area contributed by atoms with Gasteiger partial charge in [-0.1, -0.05) is 0 Å². The van der Waals surface area contributed by atoms with Crippen LogP contribution in [0.3, 0.4) is 0 Å². The third-order valence-electron chi connectivity index (χ3n) is 1.05. The lowest BCUT2D eigenvalue weighted by atomic mass is 10.6. The zero-order valence-electron chi connectivity index (χ0n) is 4.52. The number of rotatable bonds is 0. The van der Waals surface area contributed by atoms with Crippen molar-refractivity contribution in [2.45, 2.75) is 0 Å². The van der Waals surface area contributed by atoms with Crippen LogP contribution in [0.25, 0.3) is 0 Å². The molecule has 0 spiro atoms. The highest BCUT2D eigenvalue weighted by atomic mass is 127. The maximum absolute atomic E-state index is 10.4. The number of hydrogen-bond acceptors (Lipinski definition) is 2. The lowest BCUT2D eigenvalue weighted by Gasteiger charge is -2.25. The molecule has 4 heteroatoms. The van der Waals surface area contributed by atoms with Crippen LogP contribution in [-0.2, 0) is 0 Å². The summed E-state index contributed by atoms with van der Waals surface area (Å²) in [6, 6.07) is 0. The summed E-state index contributed by atoms with van der Waals surface area (Å²) in [5.41, 5.74) is 0. The molecule has 0 atom stereocenters. The predicted octanol–water partition coefficient (Wildman–Crippen LogP) is -3.88. The van der Waals surface area contributed by atoms with Gasteiger partial charge in [-0.05, 0) is 0 Å². The zero-order chi connectivity index (χ0) is 5.11. The molecule has 0 radical (unpaired) electrons. The molecule has 0 aromatic rings. The molecule has 1 heterocycles. The van der Waals surface area contributed by atoms with E-state index in [2.05, 4.69) is 0 Å². The number of quaternary nitrogens is 1. The molecule has 0 aromatic heterocycles. The van der Waals surface area contributed by atoms with Crippen LogP contribution in [-0.4, -0.2) is 24.6 Å². The summed E-state index contributed by atoms with van der Waals surface area (Å²) in [6.45, 7) is 1.62. The molecule has 1 aliphatic heterocycles. The van der Waals surface area contributed by atoms with Gasteiger partial charge in [0.15, 0.2) is 0 Å². The van der Waals surface area contributed by atoms with Crippen molar-refractivity contribution in [1.29, 1.82) is 0 Å². The van der Waals surface area contributed by atoms with Crippen LogP contribution in [0.1, 0.15) is 0 Å². The summed E-state index contributed by atoms with van der Waals surface area (Å²) >= 11 is 1.88. The van der Waals surface area contributed by atoms with Crippen LogP contribution in [0.2, 0.25) is 0 Å². The summed E-state index contributed by atoms with van der Waals surface area (Å²) in [7, 11) is 0. The molecular weight excluding hydrogens is 237 g/mol. The first-order chi connectivity index (χ1) is 3.39. The molecule has 1 N–H and O–H groups in total. The van der Waals surface area contributed by atoms with E-state index in [0.29, 0.717) is 5.06 Å². The molecule has 0 unspecified atom stereocenters. The van der Waals surface area contributed by atoms with Gasteiger partial charge in [0.2, 0.25) is 0 Å². The minimum Gasteiger partial charge on any atom is -1.00 e. The van der Waals surface area contributed by atoms with Gasteiger partial charge < -0.3 is 34.2 Å². The van der Waals surface area contributed by atoms with Gasteiger partial charge in [-0.25, -0.2) is 0 Å². The number of hydroxylamine groups is 2. The fourth-order valence-electron chi connectivity index (χ4n) is 0.599. The highest BCUT2D eigenvalue weighted by Gasteiger charge is 2.03. The van der Waals surface area contributed by atoms with Gasteiger partial charge in [0.25, 0.3) is 0 Å². The van der Waals surface area contributed by atoms with E-state index in [1.165, 1.54) is 0 Å². The number of thioether (sulfide) groups is 1. The van der Waals surface area contributed by atoms with Crippen molar-refractivity contribution < 1.29 is 29.0 Å². The smallest absolute Gasteiger partial charge is 0.0860 e. The molecule has 50 valence electrons. The van der Waals surface area contributed by atoms with Crippen molar-refractivity contribution in [1.82, 2.24) is 0 Å².